The van der Waals surface area contributed by atoms with Gasteiger partial charge in [0.25, 0.3) is 0 Å². The fourth-order valence-electron chi connectivity index (χ4n) is 2.95. The van der Waals surface area contributed by atoms with Gasteiger partial charge in [0.1, 0.15) is 5.76 Å². The zero-order chi connectivity index (χ0) is 16.4. The molecule has 2 heterocycles. The summed E-state index contributed by atoms with van der Waals surface area (Å²) in [5.41, 5.74) is 8.08. The number of aliphatic hydroxyl groups is 1. The van der Waals surface area contributed by atoms with Crippen LogP contribution in [-0.4, -0.2) is 40.3 Å². The summed E-state index contributed by atoms with van der Waals surface area (Å²) in [5.74, 6) is 0.752. The number of likely N-dealkylation sites (tertiary alicyclic amines) is 1. The van der Waals surface area contributed by atoms with Gasteiger partial charge < -0.3 is 20.3 Å². The maximum Gasteiger partial charge on any atom is 0.227 e. The summed E-state index contributed by atoms with van der Waals surface area (Å²) in [7, 11) is 0. The van der Waals surface area contributed by atoms with Gasteiger partial charge in [0.05, 0.1) is 18.2 Å². The minimum atomic E-state index is -0.532. The molecule has 2 atom stereocenters. The topological polar surface area (TPSA) is 92.6 Å². The molecule has 0 saturated carbocycles. The number of nitrogens with zero attached hydrogens (tertiary/aromatic N) is 2. The lowest BCUT2D eigenvalue weighted by Gasteiger charge is -2.16. The Balaban J connectivity index is 0.00000208. The molecule has 0 bridgehead atoms. The number of hydrogen-bond donors (Lipinski definition) is 2. The van der Waals surface area contributed by atoms with E-state index in [1.54, 1.807) is 17.0 Å². The Labute approximate surface area is 147 Å². The Bertz CT molecular complexity index is 687. The van der Waals surface area contributed by atoms with E-state index >= 15 is 0 Å². The van der Waals surface area contributed by atoms with Crippen molar-refractivity contribution in [3.63, 3.8) is 0 Å². The highest BCUT2D eigenvalue weighted by Crippen LogP contribution is 2.23. The number of carbonyl (C=O) groups excluding carboxylic acids is 1. The zero-order valence-electron chi connectivity index (χ0n) is 13.5. The van der Waals surface area contributed by atoms with E-state index in [9.17, 15) is 9.90 Å². The van der Waals surface area contributed by atoms with Crippen molar-refractivity contribution in [2.24, 2.45) is 5.92 Å². The van der Waals surface area contributed by atoms with E-state index in [0.29, 0.717) is 31.6 Å². The molecule has 0 spiro atoms. The maximum absolute atomic E-state index is 12.4. The van der Waals surface area contributed by atoms with E-state index in [1.807, 2.05) is 25.1 Å². The lowest BCUT2D eigenvalue weighted by Crippen LogP contribution is -2.31. The molecule has 1 amide bonds. The van der Waals surface area contributed by atoms with Gasteiger partial charge in [-0.3, -0.25) is 4.79 Å². The van der Waals surface area contributed by atoms with E-state index in [1.165, 1.54) is 0 Å². The fraction of sp³-hybridized carbons (Fsp3) is 0.412. The van der Waals surface area contributed by atoms with Crippen molar-refractivity contribution in [3.8, 4) is 0 Å². The molecule has 0 aliphatic carbocycles. The van der Waals surface area contributed by atoms with Crippen LogP contribution in [0.15, 0.2) is 34.9 Å². The van der Waals surface area contributed by atoms with Crippen molar-refractivity contribution in [1.29, 1.82) is 0 Å². The van der Waals surface area contributed by atoms with Crippen LogP contribution in [0.1, 0.15) is 17.0 Å². The summed E-state index contributed by atoms with van der Waals surface area (Å²) in [6.45, 7) is 2.76. The lowest BCUT2D eigenvalue weighted by molar-refractivity contribution is -0.129. The Morgan fingerprint density at radius 1 is 1.38 bits per heavy atom. The molecule has 130 valence electrons. The number of anilines is 1. The summed E-state index contributed by atoms with van der Waals surface area (Å²) in [6, 6.07) is 9.15. The number of β-amino-alcohol motifs (C(OH)–C–C–N with tert-alkyl or cyclic N) is 1. The molecule has 1 saturated heterocycles. The van der Waals surface area contributed by atoms with E-state index in [2.05, 4.69) is 5.16 Å². The van der Waals surface area contributed by atoms with Crippen LogP contribution in [0.4, 0.5) is 5.69 Å². The van der Waals surface area contributed by atoms with Gasteiger partial charge in [-0.05, 0) is 24.6 Å². The average Bonchev–Trinajstić information content (AvgIpc) is 3.08. The number of hydrogen-bond acceptors (Lipinski definition) is 5. The monoisotopic (exact) mass is 351 g/mol. The molecule has 0 radical (unpaired) electrons. The van der Waals surface area contributed by atoms with Crippen LogP contribution in [0.2, 0.25) is 0 Å². The first-order chi connectivity index (χ1) is 11.0. The number of rotatable bonds is 4. The van der Waals surface area contributed by atoms with Crippen molar-refractivity contribution >= 4 is 24.0 Å². The minimum absolute atomic E-state index is 0. The normalized spacial score (nSPS) is 20.0. The number of aromatic nitrogens is 1. The van der Waals surface area contributed by atoms with Gasteiger partial charge in [0, 0.05) is 37.2 Å². The van der Waals surface area contributed by atoms with Gasteiger partial charge in [-0.15, -0.1) is 12.4 Å². The molecular weight excluding hydrogens is 330 g/mol. The molecule has 24 heavy (non-hydrogen) atoms. The second-order valence-electron chi connectivity index (χ2n) is 6.18. The summed E-state index contributed by atoms with van der Waals surface area (Å²) in [5, 5.41) is 14.1. The zero-order valence-corrected chi connectivity index (χ0v) is 14.3. The number of aliphatic hydroxyl groups excluding tert-OH is 1. The van der Waals surface area contributed by atoms with E-state index in [-0.39, 0.29) is 24.2 Å². The quantitative estimate of drug-likeness (QED) is 0.816. The molecule has 1 fully saturated rings. The smallest absolute Gasteiger partial charge is 0.227 e. The average molecular weight is 352 g/mol. The first-order valence-electron chi connectivity index (χ1n) is 7.73. The highest BCUT2D eigenvalue weighted by Gasteiger charge is 2.34. The van der Waals surface area contributed by atoms with Crippen molar-refractivity contribution in [2.45, 2.75) is 25.9 Å². The van der Waals surface area contributed by atoms with Crippen LogP contribution in [0.25, 0.3) is 0 Å². The van der Waals surface area contributed by atoms with Gasteiger partial charge in [0.2, 0.25) is 5.91 Å². The third-order valence-corrected chi connectivity index (χ3v) is 4.23. The molecule has 3 rings (SSSR count). The van der Waals surface area contributed by atoms with Gasteiger partial charge in [0.15, 0.2) is 0 Å². The van der Waals surface area contributed by atoms with Gasteiger partial charge in [-0.25, -0.2) is 0 Å². The maximum atomic E-state index is 12.4. The summed E-state index contributed by atoms with van der Waals surface area (Å²) in [6.07, 6.45) is 0.380. The van der Waals surface area contributed by atoms with Crippen LogP contribution < -0.4 is 5.73 Å². The molecule has 2 aromatic rings. The largest absolute Gasteiger partial charge is 0.399 e. The van der Waals surface area contributed by atoms with Crippen molar-refractivity contribution < 1.29 is 14.4 Å². The molecule has 6 nitrogen and oxygen atoms in total. The third-order valence-electron chi connectivity index (χ3n) is 4.23. The second kappa shape index (κ2) is 7.68. The summed E-state index contributed by atoms with van der Waals surface area (Å²) in [4.78, 5) is 14.1. The molecule has 7 heteroatoms. The molecule has 3 N–H and O–H groups in total. The molecule has 0 unspecified atom stereocenters. The summed E-state index contributed by atoms with van der Waals surface area (Å²) >= 11 is 0. The van der Waals surface area contributed by atoms with Crippen molar-refractivity contribution in [2.75, 3.05) is 18.8 Å². The highest BCUT2D eigenvalue weighted by molar-refractivity contribution is 5.85. The summed E-state index contributed by atoms with van der Waals surface area (Å²) < 4.78 is 5.20. The number of halogens is 1. The Hall–Kier alpha value is -2.05. The molecule has 1 aromatic carbocycles. The van der Waals surface area contributed by atoms with Crippen LogP contribution in [0.5, 0.6) is 0 Å². The Morgan fingerprint density at radius 2 is 2.08 bits per heavy atom. The predicted molar refractivity (Wildman–Crippen MR) is 92.8 cm³/mol. The third kappa shape index (κ3) is 4.27. The fourth-order valence-corrected chi connectivity index (χ4v) is 2.95. The van der Waals surface area contributed by atoms with Gasteiger partial charge >= 0.3 is 0 Å². The number of amides is 1. The van der Waals surface area contributed by atoms with Crippen LogP contribution in [0.3, 0.4) is 0 Å². The number of nitrogens with two attached hydrogens (primary N) is 1. The SMILES string of the molecule is Cc1cc(C[C@@H]2CN(C(=O)Cc3ccc(N)cc3)C[C@@H]2O)on1.Cl. The van der Waals surface area contributed by atoms with Crippen LogP contribution in [0, 0.1) is 12.8 Å². The predicted octanol–water partition coefficient (Wildman–Crippen LogP) is 1.59. The Morgan fingerprint density at radius 3 is 2.71 bits per heavy atom. The van der Waals surface area contributed by atoms with Crippen LogP contribution in [-0.2, 0) is 17.6 Å². The van der Waals surface area contributed by atoms with Gasteiger partial charge in [-0.2, -0.15) is 0 Å². The standard InChI is InChI=1S/C17H21N3O3.ClH/c1-11-6-15(23-19-11)8-13-9-20(10-16(13)21)17(22)7-12-2-4-14(18)5-3-12;/h2-6,13,16,21H,7-10,18H2,1H3;1H/t13-,16+;/m1./s1. The van der Waals surface area contributed by atoms with E-state index in [0.717, 1.165) is 17.0 Å². The van der Waals surface area contributed by atoms with Gasteiger partial charge in [-0.1, -0.05) is 17.3 Å². The molecule has 1 aliphatic heterocycles. The highest BCUT2D eigenvalue weighted by atomic mass is 35.5. The molecule has 1 aromatic heterocycles. The van der Waals surface area contributed by atoms with E-state index < -0.39 is 6.10 Å². The number of carbonyl (C=O) groups is 1. The first-order valence-corrected chi connectivity index (χ1v) is 7.73. The second-order valence-corrected chi connectivity index (χ2v) is 6.18. The number of aryl methyl sites for hydroxylation is 1. The minimum Gasteiger partial charge on any atom is -0.399 e. The van der Waals surface area contributed by atoms with Crippen molar-refractivity contribution in [1.82, 2.24) is 10.1 Å². The van der Waals surface area contributed by atoms with E-state index in [4.69, 9.17) is 10.3 Å². The lowest BCUT2D eigenvalue weighted by atomic mass is 10.0. The number of nitrogen functional groups attached to an aromatic ring is 1. The van der Waals surface area contributed by atoms with Crippen LogP contribution >= 0.6 is 12.4 Å². The van der Waals surface area contributed by atoms with Crippen molar-refractivity contribution in [3.05, 3.63) is 47.3 Å². The molecule has 1 aliphatic rings. The number of benzene rings is 1. The first kappa shape index (κ1) is 18.3. The molecular formula is C17H22ClN3O3. The Kier molecular flexibility index (Phi) is 5.85.